The maximum Gasteiger partial charge on any atom is 0.437 e. The quantitative estimate of drug-likeness (QED) is 0.633. The van der Waals surface area contributed by atoms with E-state index in [-0.39, 0.29) is 5.89 Å². The Morgan fingerprint density at radius 1 is 1.18 bits per heavy atom. The highest BCUT2D eigenvalue weighted by molar-refractivity contribution is 5.80. The van der Waals surface area contributed by atoms with E-state index in [9.17, 15) is 4.79 Å². The number of fused-ring (bicyclic) bond motifs is 1. The smallest absolute Gasteiger partial charge is 0.386 e. The number of benzene rings is 1. The van der Waals surface area contributed by atoms with Crippen LogP contribution in [-0.4, -0.2) is 14.8 Å². The van der Waals surface area contributed by atoms with Gasteiger partial charge in [-0.05, 0) is 12.1 Å². The minimum atomic E-state index is -0.491. The summed E-state index contributed by atoms with van der Waals surface area (Å²) >= 11 is 0. The average Bonchev–Trinajstić information content (AvgIpc) is 2.69. The Morgan fingerprint density at radius 3 is 2.76 bits per heavy atom. The number of aryl methyl sites for hydroxylation is 1. The van der Waals surface area contributed by atoms with Crippen LogP contribution in [0.4, 0.5) is 0 Å². The monoisotopic (exact) mass is 227 g/mol. The van der Waals surface area contributed by atoms with Gasteiger partial charge in [-0.3, -0.25) is 0 Å². The van der Waals surface area contributed by atoms with E-state index in [1.807, 2.05) is 30.3 Å². The molecular formula is C12H9N3O2. The molecule has 0 fully saturated rings. The lowest BCUT2D eigenvalue weighted by Gasteiger charge is -1.98. The third-order valence-corrected chi connectivity index (χ3v) is 2.51. The first kappa shape index (κ1) is 9.77. The van der Waals surface area contributed by atoms with E-state index in [0.29, 0.717) is 5.69 Å². The van der Waals surface area contributed by atoms with Crippen LogP contribution in [0.2, 0.25) is 0 Å². The lowest BCUT2D eigenvalue weighted by Crippen LogP contribution is -2.09. The number of rotatable bonds is 1. The molecule has 0 atom stereocenters. The summed E-state index contributed by atoms with van der Waals surface area (Å²) in [7, 11) is 1.54. The van der Waals surface area contributed by atoms with Crippen LogP contribution in [0.25, 0.3) is 22.5 Å². The van der Waals surface area contributed by atoms with Crippen LogP contribution >= 0.6 is 0 Å². The van der Waals surface area contributed by atoms with Crippen LogP contribution in [0.3, 0.4) is 0 Å². The molecule has 5 heteroatoms. The maximum atomic E-state index is 11.2. The molecule has 3 aromatic rings. The van der Waals surface area contributed by atoms with E-state index in [1.54, 1.807) is 6.07 Å². The van der Waals surface area contributed by atoms with Crippen LogP contribution < -0.4 is 5.76 Å². The van der Waals surface area contributed by atoms with Gasteiger partial charge in [0.1, 0.15) is 5.69 Å². The largest absolute Gasteiger partial charge is 0.437 e. The molecule has 5 nitrogen and oxygen atoms in total. The first-order valence-electron chi connectivity index (χ1n) is 5.14. The number of para-hydroxylation sites is 1. The van der Waals surface area contributed by atoms with E-state index in [4.69, 9.17) is 4.42 Å². The summed E-state index contributed by atoms with van der Waals surface area (Å²) in [6.45, 7) is 0. The van der Waals surface area contributed by atoms with Crippen molar-refractivity contribution < 1.29 is 4.42 Å². The van der Waals surface area contributed by atoms with Crippen molar-refractivity contribution in [3.05, 3.63) is 46.9 Å². The topological polar surface area (TPSA) is 60.9 Å². The van der Waals surface area contributed by atoms with E-state index < -0.39 is 5.76 Å². The zero-order valence-electron chi connectivity index (χ0n) is 9.12. The van der Waals surface area contributed by atoms with Crippen molar-refractivity contribution in [3.8, 4) is 11.6 Å². The van der Waals surface area contributed by atoms with Crippen LogP contribution in [0.1, 0.15) is 0 Å². The summed E-state index contributed by atoms with van der Waals surface area (Å²) in [4.78, 5) is 15.6. The summed E-state index contributed by atoms with van der Waals surface area (Å²) in [5.41, 5.74) is 1.40. The fourth-order valence-corrected chi connectivity index (χ4v) is 1.63. The zero-order chi connectivity index (χ0) is 11.8. The fraction of sp³-hybridized carbons (Fsp3) is 0.0833. The number of nitrogens with zero attached hydrogens (tertiary/aromatic N) is 3. The highest BCUT2D eigenvalue weighted by Crippen LogP contribution is 2.17. The molecule has 2 aromatic heterocycles. The number of hydrogen-bond donors (Lipinski definition) is 0. The molecule has 17 heavy (non-hydrogen) atoms. The second-order valence-corrected chi connectivity index (χ2v) is 3.69. The van der Waals surface area contributed by atoms with Crippen LogP contribution in [0.15, 0.2) is 45.6 Å². The van der Waals surface area contributed by atoms with E-state index in [1.165, 1.54) is 7.05 Å². The minimum absolute atomic E-state index is 0.239. The van der Waals surface area contributed by atoms with Gasteiger partial charge < -0.3 is 4.42 Å². The Morgan fingerprint density at radius 2 is 2.00 bits per heavy atom. The summed E-state index contributed by atoms with van der Waals surface area (Å²) in [5.74, 6) is -0.252. The van der Waals surface area contributed by atoms with Gasteiger partial charge in [0.2, 0.25) is 0 Å². The SMILES string of the molecule is Cn1nc(-c2ccc3ccccc3n2)oc1=O. The molecule has 0 amide bonds. The number of pyridine rings is 1. The van der Waals surface area contributed by atoms with Gasteiger partial charge in [-0.15, -0.1) is 5.10 Å². The van der Waals surface area contributed by atoms with Crippen molar-refractivity contribution in [2.75, 3.05) is 0 Å². The zero-order valence-corrected chi connectivity index (χ0v) is 9.12. The third-order valence-electron chi connectivity index (χ3n) is 2.51. The Hall–Kier alpha value is -2.43. The molecule has 0 aliphatic heterocycles. The molecular weight excluding hydrogens is 218 g/mol. The van der Waals surface area contributed by atoms with Gasteiger partial charge in [0.05, 0.1) is 5.52 Å². The molecule has 1 aromatic carbocycles. The van der Waals surface area contributed by atoms with Crippen LogP contribution in [0.5, 0.6) is 0 Å². The van der Waals surface area contributed by atoms with Crippen LogP contribution in [-0.2, 0) is 7.05 Å². The van der Waals surface area contributed by atoms with Gasteiger partial charge in [0.25, 0.3) is 5.89 Å². The number of hydrogen-bond acceptors (Lipinski definition) is 4. The minimum Gasteiger partial charge on any atom is -0.386 e. The summed E-state index contributed by atoms with van der Waals surface area (Å²) < 4.78 is 6.13. The summed E-state index contributed by atoms with van der Waals surface area (Å²) in [5, 5.41) is 5.00. The fourth-order valence-electron chi connectivity index (χ4n) is 1.63. The Kier molecular flexibility index (Phi) is 2.04. The first-order chi connectivity index (χ1) is 8.24. The molecule has 0 saturated heterocycles. The molecule has 3 rings (SSSR count). The van der Waals surface area contributed by atoms with Crippen molar-refractivity contribution in [1.29, 1.82) is 0 Å². The Labute approximate surface area is 96.3 Å². The van der Waals surface area contributed by atoms with Crippen molar-refractivity contribution in [2.24, 2.45) is 7.05 Å². The predicted molar refractivity (Wildman–Crippen MR) is 62.5 cm³/mol. The molecule has 84 valence electrons. The van der Waals surface area contributed by atoms with Gasteiger partial charge in [0.15, 0.2) is 0 Å². The molecule has 0 radical (unpaired) electrons. The second-order valence-electron chi connectivity index (χ2n) is 3.69. The van der Waals surface area contributed by atoms with Crippen molar-refractivity contribution in [2.45, 2.75) is 0 Å². The lowest BCUT2D eigenvalue weighted by atomic mass is 10.2. The summed E-state index contributed by atoms with van der Waals surface area (Å²) in [6, 6.07) is 11.4. The molecule has 2 heterocycles. The van der Waals surface area contributed by atoms with Gasteiger partial charge in [-0.2, -0.15) is 4.68 Å². The molecule has 0 unspecified atom stereocenters. The third kappa shape index (κ3) is 1.61. The van der Waals surface area contributed by atoms with Gasteiger partial charge in [-0.1, -0.05) is 24.3 Å². The highest BCUT2D eigenvalue weighted by atomic mass is 16.4. The van der Waals surface area contributed by atoms with Gasteiger partial charge >= 0.3 is 5.76 Å². The van der Waals surface area contributed by atoms with Crippen molar-refractivity contribution >= 4 is 10.9 Å². The standard InChI is InChI=1S/C12H9N3O2/c1-15-12(16)17-11(14-15)10-7-6-8-4-2-3-5-9(8)13-10/h2-7H,1H3. The highest BCUT2D eigenvalue weighted by Gasteiger charge is 2.09. The molecule has 0 saturated carbocycles. The lowest BCUT2D eigenvalue weighted by molar-refractivity contribution is 0.504. The van der Waals surface area contributed by atoms with Gasteiger partial charge in [0, 0.05) is 12.4 Å². The molecule has 0 spiro atoms. The molecule has 0 bridgehead atoms. The number of aromatic nitrogens is 3. The van der Waals surface area contributed by atoms with E-state index in [0.717, 1.165) is 15.6 Å². The Bertz CT molecular complexity index is 743. The summed E-state index contributed by atoms with van der Waals surface area (Å²) in [6.07, 6.45) is 0. The average molecular weight is 227 g/mol. The maximum absolute atomic E-state index is 11.2. The van der Waals surface area contributed by atoms with Crippen molar-refractivity contribution in [3.63, 3.8) is 0 Å². The predicted octanol–water partition coefficient (Wildman–Crippen LogP) is 1.59. The van der Waals surface area contributed by atoms with E-state index >= 15 is 0 Å². The van der Waals surface area contributed by atoms with Gasteiger partial charge in [-0.25, -0.2) is 9.78 Å². The molecule has 0 aliphatic rings. The normalized spacial score (nSPS) is 10.9. The van der Waals surface area contributed by atoms with Crippen LogP contribution in [0, 0.1) is 0 Å². The Balaban J connectivity index is 2.21. The first-order valence-corrected chi connectivity index (χ1v) is 5.14. The molecule has 0 N–H and O–H groups in total. The van der Waals surface area contributed by atoms with E-state index in [2.05, 4.69) is 10.1 Å². The second kappa shape index (κ2) is 3.55. The van der Waals surface area contributed by atoms with Crippen molar-refractivity contribution in [1.82, 2.24) is 14.8 Å². The molecule has 0 aliphatic carbocycles.